The Hall–Kier alpha value is -2.55. The van der Waals surface area contributed by atoms with Gasteiger partial charge in [-0.15, -0.1) is 0 Å². The van der Waals surface area contributed by atoms with Crippen LogP contribution in [0, 0.1) is 11.8 Å². The molecule has 2 unspecified atom stereocenters. The average molecular weight is 476 g/mol. The molecular weight excluding hydrogens is 430 g/mol. The minimum absolute atomic E-state index is 0.174. The van der Waals surface area contributed by atoms with Crippen molar-refractivity contribution in [1.29, 1.82) is 0 Å². The Morgan fingerprint density at radius 3 is 1.74 bits per heavy atom. The summed E-state index contributed by atoms with van der Waals surface area (Å²) in [7, 11) is 0. The number of hydrogen-bond donors (Lipinski definition) is 0. The van der Waals surface area contributed by atoms with Gasteiger partial charge >= 0.3 is 6.09 Å². The van der Waals surface area contributed by atoms with Gasteiger partial charge in [-0.1, -0.05) is 115 Å². The zero-order valence-electron chi connectivity index (χ0n) is 22.4. The molecule has 0 aliphatic carbocycles. The summed E-state index contributed by atoms with van der Waals surface area (Å²) in [6.07, 6.45) is 9.59. The number of amides is 1. The highest BCUT2D eigenvalue weighted by molar-refractivity contribution is 6.02. The van der Waals surface area contributed by atoms with Gasteiger partial charge in [-0.3, -0.25) is 0 Å². The molecule has 0 saturated carbocycles. The van der Waals surface area contributed by atoms with Crippen molar-refractivity contribution in [3.63, 3.8) is 0 Å². The Bertz CT molecular complexity index is 988. The van der Waals surface area contributed by atoms with Gasteiger partial charge in [0.1, 0.15) is 6.61 Å². The molecule has 0 fully saturated rings. The van der Waals surface area contributed by atoms with Crippen LogP contribution in [0.25, 0.3) is 21.5 Å². The molecule has 0 aliphatic heterocycles. The molecule has 3 heteroatoms. The molecule has 0 heterocycles. The van der Waals surface area contributed by atoms with Crippen molar-refractivity contribution in [2.24, 2.45) is 11.8 Å². The van der Waals surface area contributed by atoms with Crippen LogP contribution in [-0.4, -0.2) is 24.1 Å². The lowest BCUT2D eigenvalue weighted by atomic mass is 9.97. The van der Waals surface area contributed by atoms with Crippen LogP contribution < -0.4 is 0 Å². The molecule has 0 bridgehead atoms. The summed E-state index contributed by atoms with van der Waals surface area (Å²) in [4.78, 5) is 15.4. The molecule has 3 rings (SSSR count). The third-order valence-corrected chi connectivity index (χ3v) is 7.15. The predicted octanol–water partition coefficient (Wildman–Crippen LogP) is 9.36. The summed E-state index contributed by atoms with van der Waals surface area (Å²) >= 11 is 0. The second-order valence-electron chi connectivity index (χ2n) is 10.5. The van der Waals surface area contributed by atoms with Gasteiger partial charge < -0.3 is 9.64 Å². The van der Waals surface area contributed by atoms with E-state index in [1.165, 1.54) is 49.3 Å². The number of carbonyl (C=O) groups excluding carboxylic acids is 1. The molecule has 0 spiro atoms. The third kappa shape index (κ3) is 7.98. The number of hydrogen-bond acceptors (Lipinski definition) is 2. The van der Waals surface area contributed by atoms with Crippen molar-refractivity contribution in [2.75, 3.05) is 13.1 Å². The van der Waals surface area contributed by atoms with Gasteiger partial charge in [0.2, 0.25) is 0 Å². The van der Waals surface area contributed by atoms with Crippen molar-refractivity contribution in [2.45, 2.75) is 85.7 Å². The largest absolute Gasteiger partial charge is 0.444 e. The highest BCUT2D eigenvalue weighted by Crippen LogP contribution is 2.29. The lowest BCUT2D eigenvalue weighted by Gasteiger charge is -2.28. The first kappa shape index (κ1) is 27.0. The van der Waals surface area contributed by atoms with Gasteiger partial charge in [0.05, 0.1) is 0 Å². The standard InChI is InChI=1S/C32H45NO2/c1-5-7-9-15-25(3)22-33(23-26(4)16-10-8-6-2)32(34)35-24-31-29-19-13-11-17-27(29)21-28-18-12-14-20-30(28)31/h11-14,17-21,25-26H,5-10,15-16,22-24H2,1-4H3. The predicted molar refractivity (Wildman–Crippen MR) is 150 cm³/mol. The minimum atomic E-state index is -0.174. The van der Waals surface area contributed by atoms with E-state index < -0.39 is 0 Å². The van der Waals surface area contributed by atoms with Crippen LogP contribution in [0.5, 0.6) is 0 Å². The quantitative estimate of drug-likeness (QED) is 0.172. The summed E-state index contributed by atoms with van der Waals surface area (Å²) < 4.78 is 6.05. The van der Waals surface area contributed by atoms with Crippen LogP contribution in [0.1, 0.15) is 84.6 Å². The summed E-state index contributed by atoms with van der Waals surface area (Å²) in [5.74, 6) is 0.964. The van der Waals surface area contributed by atoms with Crippen LogP contribution in [0.15, 0.2) is 54.6 Å². The number of fused-ring (bicyclic) bond motifs is 2. The fraction of sp³-hybridized carbons (Fsp3) is 0.531. The van der Waals surface area contributed by atoms with Crippen LogP contribution in [0.3, 0.4) is 0 Å². The van der Waals surface area contributed by atoms with Crippen LogP contribution in [-0.2, 0) is 11.3 Å². The van der Waals surface area contributed by atoms with Gasteiger partial charge in [-0.25, -0.2) is 4.79 Å². The molecule has 0 aliphatic rings. The summed E-state index contributed by atoms with van der Waals surface area (Å²) in [5.41, 5.74) is 1.10. The Morgan fingerprint density at radius 1 is 0.771 bits per heavy atom. The number of benzene rings is 3. The van der Waals surface area contributed by atoms with Gasteiger partial charge in [-0.2, -0.15) is 0 Å². The molecule has 0 N–H and O–H groups in total. The molecule has 0 aromatic heterocycles. The number of rotatable bonds is 14. The first-order valence-electron chi connectivity index (χ1n) is 13.8. The molecule has 3 aromatic rings. The van der Waals surface area contributed by atoms with Crippen LogP contribution in [0.4, 0.5) is 4.79 Å². The fourth-order valence-corrected chi connectivity index (χ4v) is 5.13. The molecule has 3 nitrogen and oxygen atoms in total. The lowest BCUT2D eigenvalue weighted by molar-refractivity contribution is 0.0848. The summed E-state index contributed by atoms with van der Waals surface area (Å²) in [6, 6.07) is 19.0. The summed E-state index contributed by atoms with van der Waals surface area (Å²) in [5, 5.41) is 4.68. The van der Waals surface area contributed by atoms with E-state index in [0.717, 1.165) is 42.3 Å². The van der Waals surface area contributed by atoms with Crippen molar-refractivity contribution in [1.82, 2.24) is 4.90 Å². The number of carbonyl (C=O) groups is 1. The van der Waals surface area contributed by atoms with E-state index >= 15 is 0 Å². The number of unbranched alkanes of at least 4 members (excludes halogenated alkanes) is 4. The van der Waals surface area contributed by atoms with Crippen molar-refractivity contribution >= 4 is 27.6 Å². The molecule has 3 aromatic carbocycles. The topological polar surface area (TPSA) is 29.5 Å². The van der Waals surface area contributed by atoms with E-state index in [4.69, 9.17) is 4.74 Å². The zero-order chi connectivity index (χ0) is 25.0. The van der Waals surface area contributed by atoms with E-state index in [-0.39, 0.29) is 6.09 Å². The third-order valence-electron chi connectivity index (χ3n) is 7.15. The fourth-order valence-electron chi connectivity index (χ4n) is 5.13. The van der Waals surface area contributed by atoms with Gasteiger partial charge in [0.25, 0.3) is 0 Å². The Labute approximate surface area is 212 Å². The zero-order valence-corrected chi connectivity index (χ0v) is 22.4. The van der Waals surface area contributed by atoms with Crippen LogP contribution in [0.2, 0.25) is 0 Å². The van der Waals surface area contributed by atoms with E-state index in [1.54, 1.807) is 0 Å². The molecule has 35 heavy (non-hydrogen) atoms. The number of ether oxygens (including phenoxy) is 1. The maximum atomic E-state index is 13.4. The second-order valence-corrected chi connectivity index (χ2v) is 10.5. The molecule has 0 saturated heterocycles. The monoisotopic (exact) mass is 475 g/mol. The normalized spacial score (nSPS) is 13.1. The van der Waals surface area contributed by atoms with Gasteiger partial charge in [-0.05, 0) is 52.3 Å². The highest BCUT2D eigenvalue weighted by atomic mass is 16.6. The van der Waals surface area contributed by atoms with E-state index in [0.29, 0.717) is 18.4 Å². The minimum Gasteiger partial charge on any atom is -0.444 e. The van der Waals surface area contributed by atoms with E-state index in [9.17, 15) is 4.79 Å². The lowest BCUT2D eigenvalue weighted by Crippen LogP contribution is -2.38. The molecule has 190 valence electrons. The van der Waals surface area contributed by atoms with Gasteiger partial charge in [0.15, 0.2) is 0 Å². The smallest absolute Gasteiger partial charge is 0.410 e. The van der Waals surface area contributed by atoms with Gasteiger partial charge in [0, 0.05) is 18.7 Å². The Balaban J connectivity index is 1.75. The van der Waals surface area contributed by atoms with Crippen molar-refractivity contribution in [3.8, 4) is 0 Å². The van der Waals surface area contributed by atoms with E-state index in [1.807, 2.05) is 4.90 Å². The highest BCUT2D eigenvalue weighted by Gasteiger charge is 2.21. The van der Waals surface area contributed by atoms with Crippen LogP contribution >= 0.6 is 0 Å². The maximum Gasteiger partial charge on any atom is 0.410 e. The Morgan fingerprint density at radius 2 is 1.26 bits per heavy atom. The molecule has 2 atom stereocenters. The molecular formula is C32H45NO2. The molecule has 1 amide bonds. The number of nitrogens with zero attached hydrogens (tertiary/aromatic N) is 1. The van der Waals surface area contributed by atoms with Crippen molar-refractivity contribution in [3.05, 3.63) is 60.2 Å². The van der Waals surface area contributed by atoms with Crippen molar-refractivity contribution < 1.29 is 9.53 Å². The maximum absolute atomic E-state index is 13.4. The average Bonchev–Trinajstić information content (AvgIpc) is 2.86. The first-order chi connectivity index (χ1) is 17.0. The SMILES string of the molecule is CCCCCC(C)CN(CC(C)CCCCC)C(=O)OCc1c2ccccc2cc2ccccc12. The van der Waals surface area contributed by atoms with E-state index in [2.05, 4.69) is 82.3 Å². The second kappa shape index (κ2) is 14.1. The summed E-state index contributed by atoms with van der Waals surface area (Å²) in [6.45, 7) is 10.9. The molecule has 0 radical (unpaired) electrons. The Kier molecular flexibility index (Phi) is 10.9. The first-order valence-corrected chi connectivity index (χ1v) is 13.8.